The van der Waals surface area contributed by atoms with Gasteiger partial charge >= 0.3 is 6.18 Å². The zero-order valence-corrected chi connectivity index (χ0v) is 22.9. The highest BCUT2D eigenvalue weighted by atomic mass is 32.1. The maximum absolute atomic E-state index is 13.2. The number of aryl methyl sites for hydroxylation is 1. The first-order valence-electron chi connectivity index (χ1n) is 12.1. The van der Waals surface area contributed by atoms with Crippen LogP contribution in [0.2, 0.25) is 0 Å². The third-order valence-corrected chi connectivity index (χ3v) is 6.71. The molecule has 2 N–H and O–H groups in total. The molecule has 210 valence electrons. The van der Waals surface area contributed by atoms with Gasteiger partial charge in [-0.05, 0) is 37.7 Å². The molecule has 12 heteroatoms. The molecule has 1 heterocycles. The standard InChI is InChI=1S/C27H31F3N4O4S/c1-17-16-39-25(32-17)14-34(3)13-19-8-6-10-22(37-4)26(19)38-15-24(36)33-21(12-23(35)31-2)18-7-5-9-20(11-18)27(28,29)30/h5-11,16,21H,12-15H2,1-4H3,(H,31,35)(H,33,36)/t21-/m0/s1. The zero-order valence-electron chi connectivity index (χ0n) is 22.1. The quantitative estimate of drug-likeness (QED) is 0.337. The van der Waals surface area contributed by atoms with E-state index in [9.17, 15) is 22.8 Å². The summed E-state index contributed by atoms with van der Waals surface area (Å²) in [6.07, 6.45) is -4.81. The lowest BCUT2D eigenvalue weighted by atomic mass is 10.0. The molecule has 39 heavy (non-hydrogen) atoms. The van der Waals surface area contributed by atoms with Crippen molar-refractivity contribution in [2.24, 2.45) is 0 Å². The molecule has 3 aromatic rings. The van der Waals surface area contributed by atoms with E-state index >= 15 is 0 Å². The number of ether oxygens (including phenoxy) is 2. The molecule has 0 saturated carbocycles. The molecular weight excluding hydrogens is 533 g/mol. The van der Waals surface area contributed by atoms with Crippen LogP contribution in [0.3, 0.4) is 0 Å². The van der Waals surface area contributed by atoms with Gasteiger partial charge in [0, 0.05) is 30.2 Å². The van der Waals surface area contributed by atoms with Crippen molar-refractivity contribution >= 4 is 23.2 Å². The topological polar surface area (TPSA) is 92.8 Å². The fraction of sp³-hybridized carbons (Fsp3) is 0.370. The van der Waals surface area contributed by atoms with Crippen molar-refractivity contribution in [2.45, 2.75) is 38.7 Å². The lowest BCUT2D eigenvalue weighted by Crippen LogP contribution is -2.35. The number of hydrogen-bond donors (Lipinski definition) is 2. The third kappa shape index (κ3) is 8.69. The predicted molar refractivity (Wildman–Crippen MR) is 142 cm³/mol. The summed E-state index contributed by atoms with van der Waals surface area (Å²) < 4.78 is 51.1. The fourth-order valence-corrected chi connectivity index (χ4v) is 4.76. The van der Waals surface area contributed by atoms with Gasteiger partial charge in [0.1, 0.15) is 5.01 Å². The number of alkyl halides is 3. The molecule has 0 spiro atoms. The van der Waals surface area contributed by atoms with Crippen LogP contribution in [0.5, 0.6) is 11.5 Å². The molecule has 0 fully saturated rings. The summed E-state index contributed by atoms with van der Waals surface area (Å²) in [7, 11) is 4.83. The van der Waals surface area contributed by atoms with Crippen LogP contribution in [0.25, 0.3) is 0 Å². The van der Waals surface area contributed by atoms with Crippen LogP contribution in [0, 0.1) is 6.92 Å². The molecule has 3 rings (SSSR count). The maximum atomic E-state index is 13.2. The highest BCUT2D eigenvalue weighted by molar-refractivity contribution is 7.09. The minimum Gasteiger partial charge on any atom is -0.493 e. The number of benzene rings is 2. The number of carbonyl (C=O) groups excluding carboxylic acids is 2. The van der Waals surface area contributed by atoms with E-state index < -0.39 is 36.2 Å². The van der Waals surface area contributed by atoms with Gasteiger partial charge in [-0.3, -0.25) is 14.5 Å². The Morgan fingerprint density at radius 2 is 1.87 bits per heavy atom. The summed E-state index contributed by atoms with van der Waals surface area (Å²) in [4.78, 5) is 31.5. The Morgan fingerprint density at radius 3 is 2.51 bits per heavy atom. The summed E-state index contributed by atoms with van der Waals surface area (Å²) in [5.74, 6) is -0.244. The molecule has 0 aliphatic heterocycles. The van der Waals surface area contributed by atoms with Crippen molar-refractivity contribution in [1.82, 2.24) is 20.5 Å². The van der Waals surface area contributed by atoms with Crippen molar-refractivity contribution in [2.75, 3.05) is 27.8 Å². The molecule has 8 nitrogen and oxygen atoms in total. The average molecular weight is 565 g/mol. The first-order valence-corrected chi connectivity index (χ1v) is 12.9. The van der Waals surface area contributed by atoms with Gasteiger partial charge in [0.2, 0.25) is 5.91 Å². The molecule has 1 aromatic heterocycles. The molecule has 0 saturated heterocycles. The Bertz CT molecular complexity index is 1280. The van der Waals surface area contributed by atoms with E-state index in [2.05, 4.69) is 15.6 Å². The van der Waals surface area contributed by atoms with Gasteiger partial charge in [-0.15, -0.1) is 11.3 Å². The number of nitrogens with zero attached hydrogens (tertiary/aromatic N) is 2. The van der Waals surface area contributed by atoms with Crippen molar-refractivity contribution in [3.8, 4) is 11.5 Å². The first kappa shape index (κ1) is 29.9. The molecule has 0 bridgehead atoms. The predicted octanol–water partition coefficient (Wildman–Crippen LogP) is 4.48. The van der Waals surface area contributed by atoms with Gasteiger partial charge in [0.25, 0.3) is 5.91 Å². The maximum Gasteiger partial charge on any atom is 0.416 e. The van der Waals surface area contributed by atoms with Gasteiger partial charge in [-0.25, -0.2) is 4.98 Å². The van der Waals surface area contributed by atoms with Crippen molar-refractivity contribution in [1.29, 1.82) is 0 Å². The Hall–Kier alpha value is -3.64. The summed E-state index contributed by atoms with van der Waals surface area (Å²) in [5.41, 5.74) is 1.01. The minimum atomic E-state index is -4.56. The molecule has 2 aromatic carbocycles. The SMILES string of the molecule is CNC(=O)C[C@H](NC(=O)COc1c(CN(C)Cc2nc(C)cs2)cccc1OC)c1cccc(C(F)(F)F)c1. The molecule has 0 aliphatic rings. The Labute approximate surface area is 229 Å². The Balaban J connectivity index is 1.73. The largest absolute Gasteiger partial charge is 0.493 e. The van der Waals surface area contributed by atoms with Gasteiger partial charge in [0.15, 0.2) is 18.1 Å². The Morgan fingerprint density at radius 1 is 1.13 bits per heavy atom. The number of rotatable bonds is 12. The second kappa shape index (κ2) is 13.4. The normalized spacial score (nSPS) is 12.2. The molecule has 1 atom stereocenters. The molecular formula is C27H31F3N4O4S. The summed E-state index contributed by atoms with van der Waals surface area (Å²) >= 11 is 1.57. The smallest absolute Gasteiger partial charge is 0.416 e. The van der Waals surface area contributed by atoms with Crippen LogP contribution in [0.15, 0.2) is 47.8 Å². The number of para-hydroxylation sites is 1. The number of aromatic nitrogens is 1. The van der Waals surface area contributed by atoms with Crippen molar-refractivity contribution in [3.63, 3.8) is 0 Å². The van der Waals surface area contributed by atoms with Crippen molar-refractivity contribution in [3.05, 3.63) is 75.2 Å². The van der Waals surface area contributed by atoms with E-state index in [0.717, 1.165) is 28.4 Å². The molecule has 0 unspecified atom stereocenters. The second-order valence-electron chi connectivity index (χ2n) is 8.91. The number of thiazole rings is 1. The van der Waals surface area contributed by atoms with Crippen LogP contribution in [-0.4, -0.2) is 49.5 Å². The van der Waals surface area contributed by atoms with E-state index in [1.807, 2.05) is 36.4 Å². The number of nitrogens with one attached hydrogen (secondary N) is 2. The van der Waals surface area contributed by atoms with Gasteiger partial charge in [0.05, 0.1) is 31.7 Å². The van der Waals surface area contributed by atoms with Gasteiger partial charge in [-0.2, -0.15) is 13.2 Å². The summed E-state index contributed by atoms with van der Waals surface area (Å²) in [5, 5.41) is 8.02. The highest BCUT2D eigenvalue weighted by Gasteiger charge is 2.31. The van der Waals surface area contributed by atoms with Gasteiger partial charge < -0.3 is 20.1 Å². The van der Waals surface area contributed by atoms with Gasteiger partial charge in [-0.1, -0.05) is 24.3 Å². The molecule has 2 amide bonds. The van der Waals surface area contributed by atoms with Crippen LogP contribution < -0.4 is 20.1 Å². The zero-order chi connectivity index (χ0) is 28.6. The second-order valence-corrected chi connectivity index (χ2v) is 9.86. The number of amides is 2. The van der Waals surface area contributed by atoms with Crippen LogP contribution in [-0.2, 0) is 28.9 Å². The third-order valence-electron chi connectivity index (χ3n) is 5.76. The monoisotopic (exact) mass is 564 g/mol. The van der Waals surface area contributed by atoms with Crippen molar-refractivity contribution < 1.29 is 32.2 Å². The highest BCUT2D eigenvalue weighted by Crippen LogP contribution is 2.33. The van der Waals surface area contributed by atoms with E-state index in [4.69, 9.17) is 9.47 Å². The Kier molecular flexibility index (Phi) is 10.3. The first-order chi connectivity index (χ1) is 18.5. The number of methoxy groups -OCH3 is 1. The minimum absolute atomic E-state index is 0.152. The summed E-state index contributed by atoms with van der Waals surface area (Å²) in [6.45, 7) is 2.60. The van der Waals surface area contributed by atoms with Crippen LogP contribution >= 0.6 is 11.3 Å². The molecule has 0 aliphatic carbocycles. The lowest BCUT2D eigenvalue weighted by Gasteiger charge is -2.22. The average Bonchev–Trinajstić information content (AvgIpc) is 3.30. The summed E-state index contributed by atoms with van der Waals surface area (Å²) in [6, 6.07) is 8.91. The van der Waals surface area contributed by atoms with Crippen LogP contribution in [0.4, 0.5) is 13.2 Å². The van der Waals surface area contributed by atoms with E-state index in [0.29, 0.717) is 24.6 Å². The van der Waals surface area contributed by atoms with E-state index in [1.165, 1.54) is 26.3 Å². The fourth-order valence-electron chi connectivity index (χ4n) is 3.91. The molecule has 0 radical (unpaired) electrons. The number of halogens is 3. The lowest BCUT2D eigenvalue weighted by molar-refractivity contribution is -0.137. The number of carbonyl (C=O) groups is 2. The van der Waals surface area contributed by atoms with Crippen LogP contribution in [0.1, 0.15) is 39.9 Å². The number of hydrogen-bond acceptors (Lipinski definition) is 7. The van der Waals surface area contributed by atoms with E-state index in [-0.39, 0.29) is 12.0 Å². The van der Waals surface area contributed by atoms with E-state index in [1.54, 1.807) is 17.4 Å².